The third-order valence-electron chi connectivity index (χ3n) is 3.56. The minimum atomic E-state index is -3.47. The SMILES string of the molecule is Cc1sc(Br)cc1S(=O)(=O)NC1CCc2ccccc21. The van der Waals surface area contributed by atoms with Gasteiger partial charge in [-0.2, -0.15) is 0 Å². The normalized spacial score (nSPS) is 18.2. The maximum atomic E-state index is 12.5. The Bertz CT molecular complexity index is 752. The molecule has 2 aromatic rings. The van der Waals surface area contributed by atoms with Crippen LogP contribution in [0.2, 0.25) is 0 Å². The summed E-state index contributed by atoms with van der Waals surface area (Å²) in [6, 6.07) is 9.58. The molecule has 6 heteroatoms. The summed E-state index contributed by atoms with van der Waals surface area (Å²) in [4.78, 5) is 1.18. The number of fused-ring (bicyclic) bond motifs is 1. The number of sulfonamides is 1. The smallest absolute Gasteiger partial charge is 0.207 e. The second kappa shape index (κ2) is 5.26. The Morgan fingerprint density at radius 1 is 1.35 bits per heavy atom. The fraction of sp³-hybridized carbons (Fsp3) is 0.286. The van der Waals surface area contributed by atoms with Crippen molar-refractivity contribution in [1.82, 2.24) is 4.72 Å². The molecule has 0 saturated carbocycles. The molecule has 1 aromatic heterocycles. The highest BCUT2D eigenvalue weighted by molar-refractivity contribution is 9.11. The van der Waals surface area contributed by atoms with Crippen LogP contribution in [-0.2, 0) is 16.4 Å². The first kappa shape index (κ1) is 14.3. The lowest BCUT2D eigenvalue weighted by molar-refractivity contribution is 0.554. The van der Waals surface area contributed by atoms with Crippen LogP contribution in [0.5, 0.6) is 0 Å². The molecule has 3 nitrogen and oxygen atoms in total. The van der Waals surface area contributed by atoms with E-state index in [2.05, 4.69) is 26.7 Å². The Morgan fingerprint density at radius 3 is 2.80 bits per heavy atom. The van der Waals surface area contributed by atoms with E-state index in [4.69, 9.17) is 0 Å². The minimum absolute atomic E-state index is 0.116. The maximum Gasteiger partial charge on any atom is 0.242 e. The van der Waals surface area contributed by atoms with Gasteiger partial charge in [-0.1, -0.05) is 24.3 Å². The fourth-order valence-corrected chi connectivity index (χ4v) is 6.29. The molecular formula is C14H14BrNO2S2. The van der Waals surface area contributed by atoms with Crippen LogP contribution in [0.15, 0.2) is 39.0 Å². The molecule has 0 amide bonds. The van der Waals surface area contributed by atoms with Crippen molar-refractivity contribution in [2.45, 2.75) is 30.7 Å². The summed E-state index contributed by atoms with van der Waals surface area (Å²) in [5.41, 5.74) is 2.34. The van der Waals surface area contributed by atoms with Crippen molar-refractivity contribution in [2.75, 3.05) is 0 Å². The van der Waals surface area contributed by atoms with Crippen LogP contribution in [0.3, 0.4) is 0 Å². The Hall–Kier alpha value is -0.690. The van der Waals surface area contributed by atoms with Crippen LogP contribution in [0.4, 0.5) is 0 Å². The number of hydrogen-bond acceptors (Lipinski definition) is 3. The molecule has 1 heterocycles. The predicted octanol–water partition coefficient (Wildman–Crippen LogP) is 3.78. The molecule has 1 N–H and O–H groups in total. The molecule has 0 saturated heterocycles. The highest BCUT2D eigenvalue weighted by Crippen LogP contribution is 2.34. The summed E-state index contributed by atoms with van der Waals surface area (Å²) < 4.78 is 28.7. The molecule has 1 aliphatic rings. The summed E-state index contributed by atoms with van der Waals surface area (Å²) in [6.45, 7) is 1.83. The van der Waals surface area contributed by atoms with E-state index in [-0.39, 0.29) is 6.04 Å². The third kappa shape index (κ3) is 2.57. The molecule has 1 aliphatic carbocycles. The number of rotatable bonds is 3. The average molecular weight is 372 g/mol. The van der Waals surface area contributed by atoms with Gasteiger partial charge in [0.2, 0.25) is 10.0 Å². The van der Waals surface area contributed by atoms with Crippen LogP contribution in [0, 0.1) is 6.92 Å². The van der Waals surface area contributed by atoms with Gasteiger partial charge in [-0.05, 0) is 52.9 Å². The maximum absolute atomic E-state index is 12.5. The van der Waals surface area contributed by atoms with Gasteiger partial charge in [0.1, 0.15) is 0 Å². The zero-order valence-electron chi connectivity index (χ0n) is 10.9. The van der Waals surface area contributed by atoms with Crippen LogP contribution in [0.25, 0.3) is 0 Å². The molecule has 0 spiro atoms. The summed E-state index contributed by atoms with van der Waals surface area (Å²) in [5.74, 6) is 0. The van der Waals surface area contributed by atoms with E-state index in [0.29, 0.717) is 4.90 Å². The topological polar surface area (TPSA) is 46.2 Å². The summed E-state index contributed by atoms with van der Waals surface area (Å²) >= 11 is 4.78. The standard InChI is InChI=1S/C14H14BrNO2S2/c1-9-13(8-14(15)19-9)20(17,18)16-12-7-6-10-4-2-3-5-11(10)12/h2-5,8,12,16H,6-7H2,1H3. The van der Waals surface area contributed by atoms with Gasteiger partial charge in [0.15, 0.2) is 0 Å². The van der Waals surface area contributed by atoms with Crippen molar-refractivity contribution in [3.63, 3.8) is 0 Å². The van der Waals surface area contributed by atoms with Crippen molar-refractivity contribution >= 4 is 37.3 Å². The molecule has 0 fully saturated rings. The second-order valence-electron chi connectivity index (χ2n) is 4.88. The Balaban J connectivity index is 1.90. The third-order valence-corrected chi connectivity index (χ3v) is 6.84. The number of nitrogens with one attached hydrogen (secondary N) is 1. The van der Waals surface area contributed by atoms with Crippen LogP contribution in [0.1, 0.15) is 28.5 Å². The fourth-order valence-electron chi connectivity index (χ4n) is 2.63. The number of benzene rings is 1. The second-order valence-corrected chi connectivity index (χ2v) is 9.20. The van der Waals surface area contributed by atoms with Gasteiger partial charge in [-0.15, -0.1) is 11.3 Å². The van der Waals surface area contributed by atoms with E-state index in [1.165, 1.54) is 16.9 Å². The molecule has 3 rings (SSSR count). The Morgan fingerprint density at radius 2 is 2.10 bits per heavy atom. The molecule has 0 radical (unpaired) electrons. The monoisotopic (exact) mass is 371 g/mol. The lowest BCUT2D eigenvalue weighted by Crippen LogP contribution is -2.27. The number of halogens is 1. The van der Waals surface area contributed by atoms with Gasteiger partial charge < -0.3 is 0 Å². The summed E-state index contributed by atoms with van der Waals surface area (Å²) in [5, 5.41) is 0. The Labute approximate surface area is 131 Å². The van der Waals surface area contributed by atoms with E-state index in [9.17, 15) is 8.42 Å². The lowest BCUT2D eigenvalue weighted by atomic mass is 10.1. The van der Waals surface area contributed by atoms with E-state index in [1.54, 1.807) is 6.07 Å². The van der Waals surface area contributed by atoms with E-state index >= 15 is 0 Å². The Kier molecular flexibility index (Phi) is 3.75. The minimum Gasteiger partial charge on any atom is -0.207 e. The molecule has 0 bridgehead atoms. The number of aryl methyl sites for hydroxylation is 2. The summed E-state index contributed by atoms with van der Waals surface area (Å²) in [7, 11) is -3.47. The van der Waals surface area contributed by atoms with Gasteiger partial charge >= 0.3 is 0 Å². The number of hydrogen-bond donors (Lipinski definition) is 1. The predicted molar refractivity (Wildman–Crippen MR) is 84.6 cm³/mol. The van der Waals surface area contributed by atoms with Crippen LogP contribution in [-0.4, -0.2) is 8.42 Å². The van der Waals surface area contributed by atoms with Crippen LogP contribution >= 0.6 is 27.3 Å². The van der Waals surface area contributed by atoms with Crippen molar-refractivity contribution < 1.29 is 8.42 Å². The average Bonchev–Trinajstić information content (AvgIpc) is 2.94. The van der Waals surface area contributed by atoms with E-state index in [1.807, 2.05) is 25.1 Å². The first-order valence-electron chi connectivity index (χ1n) is 6.33. The van der Waals surface area contributed by atoms with Crippen molar-refractivity contribution in [3.8, 4) is 0 Å². The van der Waals surface area contributed by atoms with Crippen molar-refractivity contribution in [1.29, 1.82) is 0 Å². The number of thiophene rings is 1. The largest absolute Gasteiger partial charge is 0.242 e. The molecule has 20 heavy (non-hydrogen) atoms. The highest BCUT2D eigenvalue weighted by atomic mass is 79.9. The zero-order valence-corrected chi connectivity index (χ0v) is 14.1. The van der Waals surface area contributed by atoms with Gasteiger partial charge in [0.25, 0.3) is 0 Å². The molecule has 1 atom stereocenters. The van der Waals surface area contributed by atoms with Crippen molar-refractivity contribution in [3.05, 3.63) is 50.1 Å². The van der Waals surface area contributed by atoms with Gasteiger partial charge in [-0.3, -0.25) is 0 Å². The van der Waals surface area contributed by atoms with Crippen molar-refractivity contribution in [2.24, 2.45) is 0 Å². The molecule has 106 valence electrons. The van der Waals surface area contributed by atoms with Gasteiger partial charge in [0.05, 0.1) is 8.68 Å². The molecule has 1 unspecified atom stereocenters. The quantitative estimate of drug-likeness (QED) is 0.891. The highest BCUT2D eigenvalue weighted by Gasteiger charge is 2.28. The van der Waals surface area contributed by atoms with E-state index < -0.39 is 10.0 Å². The molecule has 1 aromatic carbocycles. The van der Waals surface area contributed by atoms with Gasteiger partial charge in [0, 0.05) is 10.9 Å². The summed E-state index contributed by atoms with van der Waals surface area (Å²) in [6.07, 6.45) is 1.75. The molecular weight excluding hydrogens is 358 g/mol. The lowest BCUT2D eigenvalue weighted by Gasteiger charge is -2.14. The molecule has 0 aliphatic heterocycles. The van der Waals surface area contributed by atoms with Crippen LogP contribution < -0.4 is 4.72 Å². The zero-order chi connectivity index (χ0) is 14.3. The van der Waals surface area contributed by atoms with E-state index in [0.717, 1.165) is 27.1 Å². The first-order chi connectivity index (χ1) is 9.47. The first-order valence-corrected chi connectivity index (χ1v) is 9.43. The van der Waals surface area contributed by atoms with Gasteiger partial charge in [-0.25, -0.2) is 13.1 Å².